The molecular formula is C15H15FOS. The van der Waals surface area contributed by atoms with Gasteiger partial charge in [-0.2, -0.15) is 0 Å². The van der Waals surface area contributed by atoms with Gasteiger partial charge in [-0.3, -0.25) is 4.79 Å². The van der Waals surface area contributed by atoms with Crippen LogP contribution in [0.5, 0.6) is 0 Å². The maximum atomic E-state index is 13.1. The van der Waals surface area contributed by atoms with Gasteiger partial charge in [0.25, 0.3) is 0 Å². The van der Waals surface area contributed by atoms with Crippen molar-refractivity contribution in [3.05, 3.63) is 35.0 Å². The van der Waals surface area contributed by atoms with E-state index in [1.165, 1.54) is 29.9 Å². The van der Waals surface area contributed by atoms with Crippen molar-refractivity contribution in [3.63, 3.8) is 0 Å². The first-order valence-electron chi connectivity index (χ1n) is 6.47. The average Bonchev–Trinajstić information content (AvgIpc) is 2.81. The van der Waals surface area contributed by atoms with Crippen LogP contribution in [0.3, 0.4) is 0 Å². The van der Waals surface area contributed by atoms with Crippen molar-refractivity contribution in [1.82, 2.24) is 0 Å². The van der Waals surface area contributed by atoms with Gasteiger partial charge in [-0.05, 0) is 36.4 Å². The smallest absolute Gasteiger partial charge is 0.175 e. The lowest BCUT2D eigenvalue weighted by Gasteiger charge is -2.19. The number of rotatable bonds is 2. The summed E-state index contributed by atoms with van der Waals surface area (Å²) < 4.78 is 14.0. The fraction of sp³-hybridized carbons (Fsp3) is 0.400. The van der Waals surface area contributed by atoms with Gasteiger partial charge in [-0.1, -0.05) is 25.3 Å². The molecule has 0 radical (unpaired) electrons. The third-order valence-electron chi connectivity index (χ3n) is 3.70. The number of halogens is 1. The molecule has 3 rings (SSSR count). The van der Waals surface area contributed by atoms with Crippen LogP contribution in [0, 0.1) is 11.7 Å². The largest absolute Gasteiger partial charge is 0.293 e. The number of fused-ring (bicyclic) bond motifs is 1. The lowest BCUT2D eigenvalue weighted by molar-refractivity contribution is 0.0894. The molecular weight excluding hydrogens is 247 g/mol. The van der Waals surface area contributed by atoms with Crippen molar-refractivity contribution < 1.29 is 9.18 Å². The minimum Gasteiger partial charge on any atom is -0.293 e. The van der Waals surface area contributed by atoms with Gasteiger partial charge >= 0.3 is 0 Å². The van der Waals surface area contributed by atoms with Crippen LogP contribution in [0.15, 0.2) is 24.3 Å². The maximum Gasteiger partial charge on any atom is 0.175 e. The highest BCUT2D eigenvalue weighted by molar-refractivity contribution is 7.20. The van der Waals surface area contributed by atoms with Crippen molar-refractivity contribution in [3.8, 4) is 0 Å². The molecule has 0 saturated heterocycles. The highest BCUT2D eigenvalue weighted by Crippen LogP contribution is 2.32. The molecule has 18 heavy (non-hydrogen) atoms. The highest BCUT2D eigenvalue weighted by atomic mass is 32.1. The molecule has 1 aromatic carbocycles. The Labute approximate surface area is 110 Å². The van der Waals surface area contributed by atoms with E-state index in [-0.39, 0.29) is 17.5 Å². The van der Waals surface area contributed by atoms with Gasteiger partial charge in [0.15, 0.2) is 5.78 Å². The molecule has 1 aliphatic carbocycles. The zero-order valence-electron chi connectivity index (χ0n) is 10.1. The Morgan fingerprint density at radius 2 is 1.94 bits per heavy atom. The molecule has 0 bridgehead atoms. The number of Topliss-reactive ketones (excluding diaryl/α,β-unsaturated/α-hetero) is 1. The summed E-state index contributed by atoms with van der Waals surface area (Å²) in [4.78, 5) is 13.2. The number of ketones is 1. The maximum absolute atomic E-state index is 13.1. The third-order valence-corrected chi connectivity index (χ3v) is 4.81. The van der Waals surface area contributed by atoms with Crippen molar-refractivity contribution in [2.75, 3.05) is 0 Å². The van der Waals surface area contributed by atoms with Gasteiger partial charge in [-0.15, -0.1) is 11.3 Å². The van der Waals surface area contributed by atoms with Crippen LogP contribution in [-0.4, -0.2) is 5.78 Å². The second-order valence-electron chi connectivity index (χ2n) is 4.99. The van der Waals surface area contributed by atoms with Crippen molar-refractivity contribution in [1.29, 1.82) is 0 Å². The van der Waals surface area contributed by atoms with Crippen molar-refractivity contribution in [2.45, 2.75) is 32.1 Å². The van der Waals surface area contributed by atoms with Gasteiger partial charge in [0.1, 0.15) is 5.82 Å². The van der Waals surface area contributed by atoms with E-state index in [4.69, 9.17) is 0 Å². The normalized spacial score (nSPS) is 17.2. The topological polar surface area (TPSA) is 17.1 Å². The Bertz CT molecular complexity index is 581. The second kappa shape index (κ2) is 4.81. The first-order valence-corrected chi connectivity index (χ1v) is 7.29. The van der Waals surface area contributed by atoms with E-state index in [1.807, 2.05) is 6.07 Å². The summed E-state index contributed by atoms with van der Waals surface area (Å²) in [6.07, 6.45) is 5.61. The lowest BCUT2D eigenvalue weighted by atomic mass is 9.86. The number of hydrogen-bond acceptors (Lipinski definition) is 2. The van der Waals surface area contributed by atoms with E-state index in [1.54, 1.807) is 6.07 Å². The van der Waals surface area contributed by atoms with Crippen LogP contribution >= 0.6 is 11.3 Å². The average molecular weight is 262 g/mol. The number of carbonyl (C=O) groups excluding carboxylic acids is 1. The summed E-state index contributed by atoms with van der Waals surface area (Å²) in [5.41, 5.74) is 0. The highest BCUT2D eigenvalue weighted by Gasteiger charge is 2.23. The van der Waals surface area contributed by atoms with Crippen LogP contribution < -0.4 is 0 Å². The minimum absolute atomic E-state index is 0.191. The summed E-state index contributed by atoms with van der Waals surface area (Å²) in [5, 5.41) is 0.973. The van der Waals surface area contributed by atoms with E-state index in [9.17, 15) is 9.18 Å². The van der Waals surface area contributed by atoms with Crippen molar-refractivity contribution >= 4 is 27.2 Å². The van der Waals surface area contributed by atoms with E-state index in [0.717, 1.165) is 40.6 Å². The Hall–Kier alpha value is -1.22. The molecule has 1 fully saturated rings. The summed E-state index contributed by atoms with van der Waals surface area (Å²) in [6.45, 7) is 0. The Balaban J connectivity index is 1.91. The Morgan fingerprint density at radius 1 is 1.17 bits per heavy atom. The van der Waals surface area contributed by atoms with Crippen LogP contribution in [0.4, 0.5) is 4.39 Å². The summed E-state index contributed by atoms with van der Waals surface area (Å²) in [6, 6.07) is 6.62. The molecule has 0 N–H and O–H groups in total. The number of thiophene rings is 1. The van der Waals surface area contributed by atoms with Crippen LogP contribution in [0.25, 0.3) is 10.1 Å². The predicted octanol–water partition coefficient (Wildman–Crippen LogP) is 4.80. The standard InChI is InChI=1S/C15H15FOS/c16-12-7-6-11-8-14(18-13(11)9-12)15(17)10-4-2-1-3-5-10/h6-10H,1-5H2. The van der Waals surface area contributed by atoms with E-state index in [0.29, 0.717) is 0 Å². The summed E-state index contributed by atoms with van der Waals surface area (Å²) in [5.74, 6) is 0.217. The molecule has 1 aromatic heterocycles. The molecule has 1 heterocycles. The predicted molar refractivity (Wildman–Crippen MR) is 72.7 cm³/mol. The Morgan fingerprint density at radius 3 is 2.72 bits per heavy atom. The molecule has 94 valence electrons. The first kappa shape index (κ1) is 11.8. The number of benzene rings is 1. The molecule has 0 aliphatic heterocycles. The van der Waals surface area contributed by atoms with Crippen LogP contribution in [-0.2, 0) is 0 Å². The second-order valence-corrected chi connectivity index (χ2v) is 6.08. The van der Waals surface area contributed by atoms with Crippen molar-refractivity contribution in [2.24, 2.45) is 5.92 Å². The van der Waals surface area contributed by atoms with E-state index >= 15 is 0 Å². The zero-order chi connectivity index (χ0) is 12.5. The molecule has 0 unspecified atom stereocenters. The van der Waals surface area contributed by atoms with Gasteiger partial charge in [0.2, 0.25) is 0 Å². The molecule has 2 aromatic rings. The summed E-state index contributed by atoms with van der Waals surface area (Å²) in [7, 11) is 0. The zero-order valence-corrected chi connectivity index (χ0v) is 10.9. The molecule has 0 atom stereocenters. The third kappa shape index (κ3) is 2.19. The molecule has 1 nitrogen and oxygen atoms in total. The Kier molecular flexibility index (Phi) is 3.16. The molecule has 0 amide bonds. The monoisotopic (exact) mass is 262 g/mol. The van der Waals surface area contributed by atoms with E-state index in [2.05, 4.69) is 0 Å². The molecule has 0 spiro atoms. The van der Waals surface area contributed by atoms with Gasteiger partial charge in [-0.25, -0.2) is 4.39 Å². The molecule has 1 saturated carbocycles. The molecule has 3 heteroatoms. The van der Waals surface area contributed by atoms with Gasteiger partial charge < -0.3 is 0 Å². The minimum atomic E-state index is -0.235. The fourth-order valence-electron chi connectivity index (χ4n) is 2.69. The van der Waals surface area contributed by atoms with Crippen LogP contribution in [0.2, 0.25) is 0 Å². The lowest BCUT2D eigenvalue weighted by Crippen LogP contribution is -2.16. The first-order chi connectivity index (χ1) is 8.74. The SMILES string of the molecule is O=C(c1cc2ccc(F)cc2s1)C1CCCCC1. The van der Waals surface area contributed by atoms with Gasteiger partial charge in [0, 0.05) is 10.6 Å². The van der Waals surface area contributed by atoms with E-state index < -0.39 is 0 Å². The fourth-order valence-corrected chi connectivity index (χ4v) is 3.80. The molecule has 1 aliphatic rings. The quantitative estimate of drug-likeness (QED) is 0.710. The summed E-state index contributed by atoms with van der Waals surface area (Å²) >= 11 is 1.42. The number of carbonyl (C=O) groups is 1. The number of hydrogen-bond donors (Lipinski definition) is 0. The van der Waals surface area contributed by atoms with Crippen LogP contribution in [0.1, 0.15) is 41.8 Å². The van der Waals surface area contributed by atoms with Gasteiger partial charge in [0.05, 0.1) is 4.88 Å².